The van der Waals surface area contributed by atoms with Crippen LogP contribution in [-0.4, -0.2) is 43.1 Å². The van der Waals surface area contributed by atoms with Crippen molar-refractivity contribution in [1.82, 2.24) is 0 Å². The lowest BCUT2D eigenvalue weighted by atomic mass is 9.78. The summed E-state index contributed by atoms with van der Waals surface area (Å²) in [4.78, 5) is 17.4. The van der Waals surface area contributed by atoms with E-state index in [9.17, 15) is 31.5 Å². The Kier molecular flexibility index (Phi) is 7.36. The summed E-state index contributed by atoms with van der Waals surface area (Å²) < 4.78 is 67.6. The number of carbonyl (C=O) groups excluding carboxylic acids is 1. The van der Waals surface area contributed by atoms with Crippen molar-refractivity contribution in [1.29, 1.82) is 0 Å². The van der Waals surface area contributed by atoms with Gasteiger partial charge in [-0.25, -0.2) is 21.6 Å². The minimum atomic E-state index is -4.02. The van der Waals surface area contributed by atoms with E-state index in [4.69, 9.17) is 16.4 Å². The second-order valence-electron chi connectivity index (χ2n) is 9.12. The van der Waals surface area contributed by atoms with Crippen molar-refractivity contribution in [2.24, 2.45) is 17.0 Å². The number of aliphatic hydroxyl groups is 1. The molecule has 194 valence electrons. The Morgan fingerprint density at radius 3 is 2.39 bits per heavy atom. The highest BCUT2D eigenvalue weighted by Crippen LogP contribution is 2.51. The van der Waals surface area contributed by atoms with E-state index in [1.807, 2.05) is 0 Å². The molecule has 2 aromatic carbocycles. The van der Waals surface area contributed by atoms with Gasteiger partial charge in [-0.05, 0) is 62.6 Å². The lowest BCUT2D eigenvalue weighted by Crippen LogP contribution is -2.47. The molecular formula is C24H24ClF3N2O5S. The Balaban J connectivity index is 1.59. The number of anilines is 1. The number of benzene rings is 2. The molecule has 1 amide bonds. The SMILES string of the molecule is CCO/N=C/[C@]1(O)CC2CCC(C1)[C@H]2S(=O)(=O)c1cc(C(=O)Nc2cc(F)c(F)c(F)c2)ccc1Cl. The first kappa shape index (κ1) is 26.4. The van der Waals surface area contributed by atoms with Crippen molar-refractivity contribution in [3.63, 3.8) is 0 Å². The monoisotopic (exact) mass is 544 g/mol. The zero-order valence-corrected chi connectivity index (χ0v) is 20.8. The number of halogens is 4. The first-order valence-corrected chi connectivity index (χ1v) is 13.3. The van der Waals surface area contributed by atoms with E-state index in [1.165, 1.54) is 18.3 Å². The van der Waals surface area contributed by atoms with E-state index < -0.39 is 44.0 Å². The number of rotatable bonds is 7. The summed E-state index contributed by atoms with van der Waals surface area (Å²) in [6, 6.07) is 4.86. The molecule has 0 aliphatic heterocycles. The largest absolute Gasteiger partial charge is 0.396 e. The molecule has 7 nitrogen and oxygen atoms in total. The molecule has 0 radical (unpaired) electrons. The second kappa shape index (κ2) is 10.0. The van der Waals surface area contributed by atoms with E-state index >= 15 is 0 Å². The van der Waals surface area contributed by atoms with Crippen molar-refractivity contribution in [2.75, 3.05) is 11.9 Å². The van der Waals surface area contributed by atoms with Gasteiger partial charge in [-0.3, -0.25) is 4.79 Å². The fraction of sp³-hybridized carbons (Fsp3) is 0.417. The number of hydrogen-bond acceptors (Lipinski definition) is 6. The van der Waals surface area contributed by atoms with Gasteiger partial charge in [0.1, 0.15) is 12.2 Å². The van der Waals surface area contributed by atoms with E-state index in [1.54, 1.807) is 6.92 Å². The van der Waals surface area contributed by atoms with Gasteiger partial charge in [-0.1, -0.05) is 16.8 Å². The maximum atomic E-state index is 13.7. The highest BCUT2D eigenvalue weighted by atomic mass is 35.5. The van der Waals surface area contributed by atoms with Crippen molar-refractivity contribution in [2.45, 2.75) is 48.4 Å². The van der Waals surface area contributed by atoms with Gasteiger partial charge in [0, 0.05) is 23.4 Å². The summed E-state index contributed by atoms with van der Waals surface area (Å²) in [5.41, 5.74) is -1.74. The van der Waals surface area contributed by atoms with E-state index in [-0.39, 0.29) is 45.8 Å². The lowest BCUT2D eigenvalue weighted by molar-refractivity contribution is 0.0426. The summed E-state index contributed by atoms with van der Waals surface area (Å²) in [6.07, 6.45) is 2.88. The van der Waals surface area contributed by atoms with Gasteiger partial charge in [0.25, 0.3) is 5.91 Å². The third-order valence-electron chi connectivity index (χ3n) is 6.67. The van der Waals surface area contributed by atoms with Crippen LogP contribution in [0.15, 0.2) is 40.4 Å². The van der Waals surface area contributed by atoms with Gasteiger partial charge in [-0.2, -0.15) is 0 Å². The van der Waals surface area contributed by atoms with Crippen molar-refractivity contribution >= 4 is 39.2 Å². The zero-order chi connectivity index (χ0) is 26.3. The summed E-state index contributed by atoms with van der Waals surface area (Å²) in [5.74, 6) is -6.21. The first-order chi connectivity index (χ1) is 16.9. The number of sulfone groups is 1. The molecule has 0 spiro atoms. The van der Waals surface area contributed by atoms with Gasteiger partial charge in [-0.15, -0.1) is 0 Å². The van der Waals surface area contributed by atoms with Crippen LogP contribution in [0, 0.1) is 29.3 Å². The van der Waals surface area contributed by atoms with Gasteiger partial charge in [0.15, 0.2) is 27.3 Å². The topological polar surface area (TPSA) is 105 Å². The highest BCUT2D eigenvalue weighted by molar-refractivity contribution is 7.92. The smallest absolute Gasteiger partial charge is 0.255 e. The molecule has 4 rings (SSSR count). The molecule has 36 heavy (non-hydrogen) atoms. The molecule has 2 N–H and O–H groups in total. The molecule has 2 saturated carbocycles. The number of oxime groups is 1. The Bertz CT molecular complexity index is 1280. The predicted octanol–water partition coefficient (Wildman–Crippen LogP) is 4.73. The molecule has 2 aromatic rings. The number of carbonyl (C=O) groups is 1. The molecule has 2 unspecified atom stereocenters. The summed E-state index contributed by atoms with van der Waals surface area (Å²) in [5, 5.41) is 16.0. The van der Waals surface area contributed by atoms with Crippen LogP contribution in [0.1, 0.15) is 43.0 Å². The van der Waals surface area contributed by atoms with Gasteiger partial charge < -0.3 is 15.3 Å². The average molecular weight is 545 g/mol. The Morgan fingerprint density at radius 2 is 1.81 bits per heavy atom. The third-order valence-corrected chi connectivity index (χ3v) is 9.54. The maximum absolute atomic E-state index is 13.7. The van der Waals surface area contributed by atoms with Crippen LogP contribution in [0.4, 0.5) is 18.9 Å². The number of nitrogens with zero attached hydrogens (tertiary/aromatic N) is 1. The first-order valence-electron chi connectivity index (χ1n) is 11.3. The lowest BCUT2D eigenvalue weighted by Gasteiger charge is -2.38. The van der Waals surface area contributed by atoms with Gasteiger partial charge in [0.2, 0.25) is 0 Å². The third kappa shape index (κ3) is 5.09. The van der Waals surface area contributed by atoms with Crippen LogP contribution in [0.5, 0.6) is 0 Å². The van der Waals surface area contributed by atoms with E-state index in [0.717, 1.165) is 6.07 Å². The molecule has 12 heteroatoms. The van der Waals surface area contributed by atoms with Crippen LogP contribution >= 0.6 is 11.6 Å². The van der Waals surface area contributed by atoms with E-state index in [2.05, 4.69) is 10.5 Å². The van der Waals surface area contributed by atoms with Gasteiger partial charge in [0.05, 0.1) is 21.4 Å². The second-order valence-corrected chi connectivity index (χ2v) is 11.6. The van der Waals surface area contributed by atoms with Crippen LogP contribution in [0.25, 0.3) is 0 Å². The average Bonchev–Trinajstić information content (AvgIpc) is 3.11. The summed E-state index contributed by atoms with van der Waals surface area (Å²) in [6.45, 7) is 2.09. The molecule has 2 aliphatic carbocycles. The fourth-order valence-corrected chi connectivity index (χ4v) is 8.07. The Morgan fingerprint density at radius 1 is 1.19 bits per heavy atom. The normalized spacial score (nSPS) is 25.8. The van der Waals surface area contributed by atoms with Crippen LogP contribution < -0.4 is 5.32 Å². The quantitative estimate of drug-likeness (QED) is 0.298. The number of hydrogen-bond donors (Lipinski definition) is 2. The molecule has 0 aromatic heterocycles. The van der Waals surface area contributed by atoms with Crippen molar-refractivity contribution in [3.8, 4) is 0 Å². The molecule has 2 atom stereocenters. The van der Waals surface area contributed by atoms with E-state index in [0.29, 0.717) is 31.6 Å². The number of amides is 1. The summed E-state index contributed by atoms with van der Waals surface area (Å²) >= 11 is 6.24. The van der Waals surface area contributed by atoms with Crippen molar-refractivity contribution < 1.29 is 36.3 Å². The predicted molar refractivity (Wildman–Crippen MR) is 127 cm³/mol. The maximum Gasteiger partial charge on any atom is 0.255 e. The Hall–Kier alpha value is -2.63. The van der Waals surface area contributed by atoms with Crippen LogP contribution in [-0.2, 0) is 14.7 Å². The van der Waals surface area contributed by atoms with Crippen molar-refractivity contribution in [3.05, 3.63) is 58.4 Å². The molecule has 2 aliphatic rings. The van der Waals surface area contributed by atoms with Crippen LogP contribution in [0.3, 0.4) is 0 Å². The standard InChI is InChI=1S/C24H24ClF3N2O5S/c1-2-35-29-12-24(32)10-14-3-4-15(11-24)22(14)36(33,34)20-7-13(5-6-17(20)25)23(31)30-16-8-18(26)21(28)19(27)9-16/h5-9,12,14-15,22,32H,2-4,10-11H2,1H3,(H,30,31)/b29-12+/t14?,15?,22-,24-. The molecule has 0 saturated heterocycles. The van der Waals surface area contributed by atoms with Crippen LogP contribution in [0.2, 0.25) is 5.02 Å². The number of fused-ring (bicyclic) bond motifs is 2. The minimum absolute atomic E-state index is 0.0800. The number of nitrogens with one attached hydrogen (secondary N) is 1. The highest BCUT2D eigenvalue weighted by Gasteiger charge is 2.54. The minimum Gasteiger partial charge on any atom is -0.396 e. The molecule has 2 bridgehead atoms. The zero-order valence-electron chi connectivity index (χ0n) is 19.2. The fourth-order valence-electron chi connectivity index (χ4n) is 5.23. The molecular weight excluding hydrogens is 521 g/mol. The molecule has 0 heterocycles. The van der Waals surface area contributed by atoms with Gasteiger partial charge >= 0.3 is 0 Å². The Labute approximate surface area is 211 Å². The summed E-state index contributed by atoms with van der Waals surface area (Å²) in [7, 11) is -4.02. The molecule has 2 fully saturated rings.